The van der Waals surface area contributed by atoms with E-state index in [1.165, 1.54) is 289 Å². The summed E-state index contributed by atoms with van der Waals surface area (Å²) in [5.74, 6) is -0.553. The number of esters is 4. The fourth-order valence-electron chi connectivity index (χ4n) is 13.8. The van der Waals surface area contributed by atoms with E-state index < -0.39 is 97.5 Å². The first-order valence-electron chi connectivity index (χ1n) is 45.5. The Morgan fingerprint density at radius 2 is 0.430 bits per heavy atom. The van der Waals surface area contributed by atoms with Gasteiger partial charge in [0.05, 0.1) is 26.4 Å². The van der Waals surface area contributed by atoms with E-state index in [0.717, 1.165) is 102 Å². The second kappa shape index (κ2) is 79.3. The first-order chi connectivity index (χ1) is 51.9. The molecule has 0 saturated heterocycles. The standard InChI is InChI=1S/C88H172O17P2/c1-7-9-11-13-15-17-19-21-23-25-30-33-37-41-45-52-58-64-70-85(90)98-76-83(104-87(92)72-67-61-55-47-43-39-35-31-27-26-29-32-36-40-44-50-56-62-68-80(3)4)78-102-106(94,95)100-74-82(89)75-101-107(96,97)103-79-84(77-99-86(91)71-65-59-53-49-48-51-57-63-69-81(5)6)105-88(93)73-66-60-54-46-42-38-34-28-24-22-20-18-16-14-12-10-8-2/h80-84,89H,7-79H2,1-6H3,(H,94,95)(H,96,97)/t82-,83-,84-/m1/s1. The van der Waals surface area contributed by atoms with Crippen LogP contribution in [0.2, 0.25) is 0 Å². The molecule has 0 aromatic heterocycles. The Morgan fingerprint density at radius 1 is 0.252 bits per heavy atom. The highest BCUT2D eigenvalue weighted by atomic mass is 31.2. The zero-order chi connectivity index (χ0) is 78.5. The fourth-order valence-corrected chi connectivity index (χ4v) is 15.4. The monoisotopic (exact) mass is 1560 g/mol. The Bertz CT molecular complexity index is 2050. The Kier molecular flexibility index (Phi) is 77.9. The molecule has 2 unspecified atom stereocenters. The summed E-state index contributed by atoms with van der Waals surface area (Å²) in [4.78, 5) is 73.3. The SMILES string of the molecule is CCCCCCCCCCCCCCCCCCCCC(=O)OC[C@H](COP(=O)(O)OC[C@@H](O)COP(=O)(O)OC[C@@H](COC(=O)CCCCCCCCCCC(C)C)OC(=O)CCCCCCCCCCCCCCCCCCC)OC(=O)CCCCCCCCCCCCCCCCCCCCC(C)C. The highest BCUT2D eigenvalue weighted by Crippen LogP contribution is 2.45. The lowest BCUT2D eigenvalue weighted by Gasteiger charge is -2.21. The van der Waals surface area contributed by atoms with Gasteiger partial charge in [-0.1, -0.05) is 420 Å². The predicted octanol–water partition coefficient (Wildman–Crippen LogP) is 27.0. The third kappa shape index (κ3) is 81.9. The van der Waals surface area contributed by atoms with Gasteiger partial charge in [0, 0.05) is 25.7 Å². The van der Waals surface area contributed by atoms with Crippen molar-refractivity contribution in [3.8, 4) is 0 Å². The van der Waals surface area contributed by atoms with Crippen molar-refractivity contribution in [1.29, 1.82) is 0 Å². The van der Waals surface area contributed by atoms with Crippen molar-refractivity contribution in [3.05, 3.63) is 0 Å². The highest BCUT2D eigenvalue weighted by Gasteiger charge is 2.30. The van der Waals surface area contributed by atoms with Gasteiger partial charge in [-0.05, 0) is 37.5 Å². The maximum Gasteiger partial charge on any atom is 0.472 e. The van der Waals surface area contributed by atoms with Gasteiger partial charge in [-0.3, -0.25) is 37.3 Å². The summed E-state index contributed by atoms with van der Waals surface area (Å²) in [7, 11) is -9.93. The van der Waals surface area contributed by atoms with Crippen molar-refractivity contribution >= 4 is 39.5 Å². The number of hydrogen-bond acceptors (Lipinski definition) is 15. The molecule has 0 bridgehead atoms. The Morgan fingerprint density at radius 3 is 0.636 bits per heavy atom. The summed E-state index contributed by atoms with van der Waals surface area (Å²) < 4.78 is 69.0. The van der Waals surface area contributed by atoms with E-state index in [1.54, 1.807) is 0 Å². The van der Waals surface area contributed by atoms with E-state index in [0.29, 0.717) is 25.7 Å². The molecule has 0 aromatic carbocycles. The van der Waals surface area contributed by atoms with Gasteiger partial charge in [0.2, 0.25) is 0 Å². The van der Waals surface area contributed by atoms with Crippen molar-refractivity contribution in [1.82, 2.24) is 0 Å². The van der Waals surface area contributed by atoms with Crippen molar-refractivity contribution in [3.63, 3.8) is 0 Å². The number of phosphoric ester groups is 2. The van der Waals surface area contributed by atoms with Crippen molar-refractivity contribution in [2.24, 2.45) is 11.8 Å². The highest BCUT2D eigenvalue weighted by molar-refractivity contribution is 7.47. The van der Waals surface area contributed by atoms with Crippen molar-refractivity contribution in [2.45, 2.75) is 490 Å². The van der Waals surface area contributed by atoms with Crippen LogP contribution in [0.5, 0.6) is 0 Å². The number of carbonyl (C=O) groups excluding carboxylic acids is 4. The summed E-state index contributed by atoms with van der Waals surface area (Å²) in [5.41, 5.74) is 0. The van der Waals surface area contributed by atoms with Gasteiger partial charge >= 0.3 is 39.5 Å². The van der Waals surface area contributed by atoms with E-state index in [-0.39, 0.29) is 25.7 Å². The lowest BCUT2D eigenvalue weighted by Crippen LogP contribution is -2.30. The van der Waals surface area contributed by atoms with Crippen LogP contribution in [0.4, 0.5) is 0 Å². The first-order valence-corrected chi connectivity index (χ1v) is 48.5. The largest absolute Gasteiger partial charge is 0.472 e. The number of aliphatic hydroxyl groups excluding tert-OH is 1. The van der Waals surface area contributed by atoms with E-state index in [4.69, 9.17) is 37.0 Å². The predicted molar refractivity (Wildman–Crippen MR) is 442 cm³/mol. The van der Waals surface area contributed by atoms with Gasteiger partial charge in [-0.2, -0.15) is 0 Å². The average Bonchev–Trinajstić information content (AvgIpc) is 0.905. The van der Waals surface area contributed by atoms with Crippen LogP contribution in [0.25, 0.3) is 0 Å². The molecule has 19 heteroatoms. The lowest BCUT2D eigenvalue weighted by molar-refractivity contribution is -0.161. The molecule has 3 N–H and O–H groups in total. The van der Waals surface area contributed by atoms with Crippen LogP contribution in [-0.2, 0) is 65.4 Å². The molecular formula is C88H172O17P2. The topological polar surface area (TPSA) is 237 Å². The molecule has 5 atom stereocenters. The number of rotatable bonds is 87. The molecule has 0 radical (unpaired) electrons. The molecule has 0 fully saturated rings. The summed E-state index contributed by atoms with van der Waals surface area (Å²) in [6.45, 7) is 9.69. The summed E-state index contributed by atoms with van der Waals surface area (Å²) >= 11 is 0. The molecular weight excluding hydrogens is 1390 g/mol. The smallest absolute Gasteiger partial charge is 0.462 e. The second-order valence-electron chi connectivity index (χ2n) is 32.6. The van der Waals surface area contributed by atoms with E-state index >= 15 is 0 Å². The normalized spacial score (nSPS) is 13.8. The Balaban J connectivity index is 5.24. The maximum atomic E-state index is 13.2. The van der Waals surface area contributed by atoms with E-state index in [9.17, 15) is 43.2 Å². The number of phosphoric acid groups is 2. The second-order valence-corrected chi connectivity index (χ2v) is 35.5. The van der Waals surface area contributed by atoms with Gasteiger partial charge in [0.15, 0.2) is 12.2 Å². The molecule has 0 amide bonds. The zero-order valence-electron chi connectivity index (χ0n) is 70.5. The maximum absolute atomic E-state index is 13.2. The molecule has 107 heavy (non-hydrogen) atoms. The number of unbranched alkanes of at least 4 members (excludes halogenated alkanes) is 57. The van der Waals surface area contributed by atoms with Gasteiger partial charge in [-0.15, -0.1) is 0 Å². The van der Waals surface area contributed by atoms with Crippen molar-refractivity contribution < 1.29 is 80.2 Å². The van der Waals surface area contributed by atoms with E-state index in [1.807, 2.05) is 0 Å². The van der Waals surface area contributed by atoms with E-state index in [2.05, 4.69) is 41.5 Å². The quantitative estimate of drug-likeness (QED) is 0.0222. The van der Waals surface area contributed by atoms with Crippen LogP contribution in [0.1, 0.15) is 472 Å². The first kappa shape index (κ1) is 105. The molecule has 0 aliphatic rings. The molecule has 0 aliphatic carbocycles. The Hall–Kier alpha value is -1.94. The number of hydrogen-bond donors (Lipinski definition) is 3. The third-order valence-electron chi connectivity index (χ3n) is 20.7. The molecule has 0 saturated carbocycles. The van der Waals surface area contributed by atoms with Crippen LogP contribution >= 0.6 is 15.6 Å². The number of ether oxygens (including phenoxy) is 4. The average molecular weight is 1560 g/mol. The molecule has 0 heterocycles. The molecule has 17 nitrogen and oxygen atoms in total. The summed E-state index contributed by atoms with van der Waals surface area (Å²) in [5, 5.41) is 10.7. The minimum absolute atomic E-state index is 0.108. The molecule has 0 rings (SSSR count). The number of carbonyl (C=O) groups is 4. The van der Waals surface area contributed by atoms with Crippen LogP contribution in [0.3, 0.4) is 0 Å². The minimum atomic E-state index is -4.97. The number of aliphatic hydroxyl groups is 1. The molecule has 0 spiro atoms. The van der Waals surface area contributed by atoms with Gasteiger partial charge in [-0.25, -0.2) is 9.13 Å². The lowest BCUT2D eigenvalue weighted by atomic mass is 10.0. The van der Waals surface area contributed by atoms with Crippen LogP contribution in [-0.4, -0.2) is 96.7 Å². The van der Waals surface area contributed by atoms with Crippen LogP contribution in [0, 0.1) is 11.8 Å². The van der Waals surface area contributed by atoms with Crippen LogP contribution in [0.15, 0.2) is 0 Å². The summed E-state index contributed by atoms with van der Waals surface area (Å²) in [6.07, 6.45) is 72.3. The third-order valence-corrected chi connectivity index (χ3v) is 22.6. The van der Waals surface area contributed by atoms with Gasteiger partial charge in [0.1, 0.15) is 19.3 Å². The van der Waals surface area contributed by atoms with Crippen LogP contribution < -0.4 is 0 Å². The Labute approximate surface area is 658 Å². The fraction of sp³-hybridized carbons (Fsp3) is 0.955. The van der Waals surface area contributed by atoms with Gasteiger partial charge < -0.3 is 33.8 Å². The van der Waals surface area contributed by atoms with Gasteiger partial charge in [0.25, 0.3) is 0 Å². The summed E-state index contributed by atoms with van der Waals surface area (Å²) in [6, 6.07) is 0. The zero-order valence-corrected chi connectivity index (χ0v) is 72.2. The van der Waals surface area contributed by atoms with Crippen molar-refractivity contribution in [2.75, 3.05) is 39.6 Å². The minimum Gasteiger partial charge on any atom is -0.462 e. The molecule has 636 valence electrons. The molecule has 0 aliphatic heterocycles. The molecule has 0 aromatic rings.